The molecule has 1 saturated heterocycles. The first-order valence-electron chi connectivity index (χ1n) is 21.2. The molecule has 0 atom stereocenters. The summed E-state index contributed by atoms with van der Waals surface area (Å²) in [6.45, 7) is 8.01. The van der Waals surface area contributed by atoms with Crippen LogP contribution in [0.1, 0.15) is 66.0 Å². The molecule has 0 saturated carbocycles. The monoisotopic (exact) mass is 928 g/mol. The second kappa shape index (κ2) is 24.0. The molecule has 0 radical (unpaired) electrons. The lowest BCUT2D eigenvalue weighted by Crippen LogP contribution is -2.25. The van der Waals surface area contributed by atoms with Gasteiger partial charge in [-0.2, -0.15) is 0 Å². The van der Waals surface area contributed by atoms with Crippen LogP contribution in [0.5, 0.6) is 11.5 Å². The molecule has 1 fully saturated rings. The summed E-state index contributed by atoms with van der Waals surface area (Å²) in [6, 6.07) is 57.6. The molecule has 6 aromatic rings. The minimum atomic E-state index is 0.576. The number of likely N-dealkylation sites (N-methyl/N-ethyl adjacent to an activating group) is 1. The summed E-state index contributed by atoms with van der Waals surface area (Å²) in [6.07, 6.45) is 4.42. The highest BCUT2D eigenvalue weighted by Crippen LogP contribution is 2.37. The maximum Gasteiger partial charge on any atom is 0.119 e. The SMILES string of the molecule is CC/C(=C(\c1ccc(I)cc1)c1ccc(OCCN2CCCC2)cc1)c1ccccc1.CN(C)CCOc1ccc(/C(=C(/CCCl)c2ccccc2)c2ccccc2)cc1. The van der Waals surface area contributed by atoms with Gasteiger partial charge in [-0.15, -0.1) is 11.6 Å². The zero-order chi connectivity index (χ0) is 41.9. The van der Waals surface area contributed by atoms with Crippen molar-refractivity contribution < 1.29 is 9.47 Å². The molecule has 7 rings (SSSR count). The third-order valence-electron chi connectivity index (χ3n) is 10.7. The van der Waals surface area contributed by atoms with Crippen molar-refractivity contribution in [3.63, 3.8) is 0 Å². The van der Waals surface area contributed by atoms with Crippen molar-refractivity contribution in [1.82, 2.24) is 9.80 Å². The fraction of sp³-hybridized carbons (Fsp3) is 0.259. The first-order chi connectivity index (χ1) is 29.4. The van der Waals surface area contributed by atoms with Crippen molar-refractivity contribution in [3.8, 4) is 11.5 Å². The molecule has 0 unspecified atom stereocenters. The first-order valence-corrected chi connectivity index (χ1v) is 22.8. The third-order valence-corrected chi connectivity index (χ3v) is 11.6. The largest absolute Gasteiger partial charge is 0.492 e. The van der Waals surface area contributed by atoms with Gasteiger partial charge in [-0.1, -0.05) is 134 Å². The van der Waals surface area contributed by atoms with Crippen molar-refractivity contribution in [1.29, 1.82) is 0 Å². The molecule has 6 aromatic carbocycles. The van der Waals surface area contributed by atoms with Gasteiger partial charge in [-0.25, -0.2) is 0 Å². The average molecular weight is 929 g/mol. The zero-order valence-electron chi connectivity index (χ0n) is 35.3. The van der Waals surface area contributed by atoms with Crippen LogP contribution in [-0.2, 0) is 0 Å². The van der Waals surface area contributed by atoms with Gasteiger partial charge in [0.25, 0.3) is 0 Å². The van der Waals surface area contributed by atoms with Crippen molar-refractivity contribution >= 4 is 56.5 Å². The van der Waals surface area contributed by atoms with Crippen LogP contribution in [0.3, 0.4) is 0 Å². The lowest BCUT2D eigenvalue weighted by molar-refractivity contribution is 0.238. The van der Waals surface area contributed by atoms with Crippen LogP contribution < -0.4 is 9.47 Å². The van der Waals surface area contributed by atoms with Gasteiger partial charge in [-0.05, 0) is 168 Å². The maximum atomic E-state index is 6.21. The van der Waals surface area contributed by atoms with Gasteiger partial charge in [-0.3, -0.25) is 4.90 Å². The number of hydrogen-bond donors (Lipinski definition) is 0. The van der Waals surface area contributed by atoms with E-state index in [1.54, 1.807) is 0 Å². The Morgan fingerprint density at radius 3 is 1.43 bits per heavy atom. The molecule has 0 N–H and O–H groups in total. The van der Waals surface area contributed by atoms with Gasteiger partial charge in [0.1, 0.15) is 24.7 Å². The lowest BCUT2D eigenvalue weighted by Gasteiger charge is -2.17. The predicted molar refractivity (Wildman–Crippen MR) is 264 cm³/mol. The molecule has 0 aliphatic carbocycles. The quantitative estimate of drug-likeness (QED) is 0.0517. The summed E-state index contributed by atoms with van der Waals surface area (Å²) < 4.78 is 13.2. The Morgan fingerprint density at radius 2 is 0.967 bits per heavy atom. The van der Waals surface area contributed by atoms with Gasteiger partial charge in [0.2, 0.25) is 0 Å². The van der Waals surface area contributed by atoms with E-state index in [1.165, 1.54) is 85.2 Å². The highest BCUT2D eigenvalue weighted by atomic mass is 127. The van der Waals surface area contributed by atoms with E-state index in [2.05, 4.69) is 191 Å². The van der Waals surface area contributed by atoms with E-state index in [0.717, 1.165) is 44.0 Å². The van der Waals surface area contributed by atoms with Gasteiger partial charge in [0.05, 0.1) is 0 Å². The minimum absolute atomic E-state index is 0.576. The summed E-state index contributed by atoms with van der Waals surface area (Å²) in [5.74, 6) is 2.41. The fourth-order valence-corrected chi connectivity index (χ4v) is 8.19. The van der Waals surface area contributed by atoms with Crippen LogP contribution in [0.25, 0.3) is 22.3 Å². The Balaban J connectivity index is 0.000000202. The number of benzene rings is 6. The van der Waals surface area contributed by atoms with Crippen molar-refractivity contribution in [3.05, 3.63) is 201 Å². The van der Waals surface area contributed by atoms with Crippen molar-refractivity contribution in [2.24, 2.45) is 0 Å². The predicted octanol–water partition coefficient (Wildman–Crippen LogP) is 13.3. The van der Waals surface area contributed by atoms with Crippen LogP contribution >= 0.6 is 34.2 Å². The van der Waals surface area contributed by atoms with Crippen LogP contribution in [0.2, 0.25) is 0 Å². The highest BCUT2D eigenvalue weighted by molar-refractivity contribution is 14.1. The Kier molecular flexibility index (Phi) is 17.9. The van der Waals surface area contributed by atoms with E-state index in [0.29, 0.717) is 12.5 Å². The van der Waals surface area contributed by atoms with Gasteiger partial charge < -0.3 is 14.4 Å². The Hall–Kier alpha value is -4.66. The normalized spacial score (nSPS) is 13.6. The minimum Gasteiger partial charge on any atom is -0.492 e. The van der Waals surface area contributed by atoms with Crippen molar-refractivity contribution in [2.45, 2.75) is 32.6 Å². The topological polar surface area (TPSA) is 24.9 Å². The van der Waals surface area contributed by atoms with Crippen LogP contribution in [0, 0.1) is 3.57 Å². The molecule has 1 aliphatic heterocycles. The average Bonchev–Trinajstić information content (AvgIpc) is 3.81. The standard InChI is InChI=1S/C28H30INO.C26H28ClNO/c1-2-27(22-8-4-3-5-9-22)28(23-10-14-25(29)15-11-23)24-12-16-26(17-13-24)31-21-20-30-18-6-7-19-30;1-28(2)19-20-29-24-15-13-23(14-16-24)26(22-11-7-4-8-12-22)25(17-18-27)21-9-5-3-6-10-21/h3-5,8-17H,2,6-7,18-21H2,1H3;3-16H,17-20H2,1-2H3/b28-27-;26-25-. The summed E-state index contributed by atoms with van der Waals surface area (Å²) in [4.78, 5) is 4.60. The highest BCUT2D eigenvalue weighted by Gasteiger charge is 2.16. The fourth-order valence-electron chi connectivity index (χ4n) is 7.64. The summed E-state index contributed by atoms with van der Waals surface area (Å²) in [7, 11) is 4.09. The number of hydrogen-bond acceptors (Lipinski definition) is 4. The molecule has 1 aliphatic rings. The Bertz CT molecular complexity index is 2220. The smallest absolute Gasteiger partial charge is 0.119 e. The second-order valence-electron chi connectivity index (χ2n) is 15.2. The molecule has 0 amide bonds. The molecular formula is C54H58ClIN2O2. The maximum absolute atomic E-state index is 6.21. The van der Waals surface area contributed by atoms with E-state index < -0.39 is 0 Å². The summed E-state index contributed by atoms with van der Waals surface area (Å²) in [5.41, 5.74) is 12.5. The van der Waals surface area contributed by atoms with Crippen LogP contribution in [0.4, 0.5) is 0 Å². The number of nitrogens with zero attached hydrogens (tertiary/aromatic N) is 2. The van der Waals surface area contributed by atoms with E-state index in [9.17, 15) is 0 Å². The number of ether oxygens (including phenoxy) is 2. The molecule has 0 bridgehead atoms. The number of rotatable bonds is 17. The molecule has 0 aromatic heterocycles. The number of allylic oxidation sites excluding steroid dienone is 2. The van der Waals surface area contributed by atoms with E-state index in [1.807, 2.05) is 26.2 Å². The molecule has 6 heteroatoms. The molecule has 0 spiro atoms. The number of alkyl halides is 1. The van der Waals surface area contributed by atoms with Crippen molar-refractivity contribution in [2.75, 3.05) is 59.4 Å². The zero-order valence-corrected chi connectivity index (χ0v) is 38.2. The molecule has 310 valence electrons. The Labute approximate surface area is 377 Å². The molecule has 4 nitrogen and oxygen atoms in total. The third kappa shape index (κ3) is 13.2. The van der Waals surface area contributed by atoms with Crippen LogP contribution in [-0.4, -0.2) is 69.2 Å². The number of likely N-dealkylation sites (tertiary alicyclic amines) is 1. The molecular weight excluding hydrogens is 871 g/mol. The summed E-state index contributed by atoms with van der Waals surface area (Å²) >= 11 is 8.58. The van der Waals surface area contributed by atoms with E-state index in [-0.39, 0.29) is 0 Å². The van der Waals surface area contributed by atoms with Gasteiger partial charge in [0, 0.05) is 22.5 Å². The van der Waals surface area contributed by atoms with Gasteiger partial charge in [0.15, 0.2) is 0 Å². The summed E-state index contributed by atoms with van der Waals surface area (Å²) in [5, 5.41) is 0. The van der Waals surface area contributed by atoms with E-state index in [4.69, 9.17) is 21.1 Å². The lowest BCUT2D eigenvalue weighted by atomic mass is 9.88. The molecule has 1 heterocycles. The van der Waals surface area contributed by atoms with Gasteiger partial charge >= 0.3 is 0 Å². The van der Waals surface area contributed by atoms with E-state index >= 15 is 0 Å². The first kappa shape index (κ1) is 44.9. The van der Waals surface area contributed by atoms with Crippen LogP contribution in [0.15, 0.2) is 164 Å². The Morgan fingerprint density at radius 1 is 0.550 bits per heavy atom. The molecule has 60 heavy (non-hydrogen) atoms. The second-order valence-corrected chi connectivity index (χ2v) is 16.8. The number of halogens is 2.